The zero-order chi connectivity index (χ0) is 90.4. The Bertz CT molecular complexity index is 6940. The van der Waals surface area contributed by atoms with E-state index in [1.807, 2.05) is 158 Å². The Morgan fingerprint density at radius 2 is 0.752 bits per heavy atom. The number of thiophene rings is 1. The fourth-order valence-electron chi connectivity index (χ4n) is 15.1. The van der Waals surface area contributed by atoms with E-state index < -0.39 is 0 Å². The van der Waals surface area contributed by atoms with Crippen molar-refractivity contribution in [3.05, 3.63) is 422 Å². The maximum absolute atomic E-state index is 10.1. The predicted octanol–water partition coefficient (Wildman–Crippen LogP) is 27.5. The Morgan fingerprint density at radius 1 is 0.338 bits per heavy atom. The minimum absolute atomic E-state index is 0. The first kappa shape index (κ1) is 106. The molecule has 7 aromatic heterocycles. The molecule has 0 spiro atoms. The zero-order valence-electron chi connectivity index (χ0n) is 74.3. The van der Waals surface area contributed by atoms with Crippen LogP contribution in [0.15, 0.2) is 375 Å². The number of aliphatic hydroxyl groups excluding tert-OH is 3. The van der Waals surface area contributed by atoms with Gasteiger partial charge in [-0.05, 0) is 184 Å². The maximum Gasteiger partial charge on any atom is 0.155 e. The van der Waals surface area contributed by atoms with E-state index >= 15 is 0 Å². The number of aromatic nitrogens is 6. The van der Waals surface area contributed by atoms with E-state index in [1.54, 1.807) is 35.6 Å². The van der Waals surface area contributed by atoms with Gasteiger partial charge in [-0.1, -0.05) is 244 Å². The van der Waals surface area contributed by atoms with Crippen LogP contribution in [0.1, 0.15) is 91.5 Å². The summed E-state index contributed by atoms with van der Waals surface area (Å²) in [6, 6.07) is 123. The molecule has 5 N–H and O–H groups in total. The number of benzene rings is 11. The number of rotatable bonds is 10. The van der Waals surface area contributed by atoms with Crippen LogP contribution in [0.2, 0.25) is 0 Å². The number of carbonyl (C=O) groups is 3. The molecule has 14 nitrogen and oxygen atoms in total. The van der Waals surface area contributed by atoms with Crippen LogP contribution in [-0.2, 0) is 126 Å². The molecule has 0 bridgehead atoms. The third-order valence-electron chi connectivity index (χ3n) is 21.0. The molecule has 133 heavy (non-hydrogen) atoms. The minimum Gasteiger partial charge on any atom is -0.512 e. The smallest absolute Gasteiger partial charge is 0.155 e. The topological polar surface area (TPSA) is 230 Å². The van der Waals surface area contributed by atoms with Crippen molar-refractivity contribution < 1.29 is 141 Å². The van der Waals surface area contributed by atoms with Crippen LogP contribution in [0.5, 0.6) is 11.5 Å². The molecule has 0 aliphatic heterocycles. The van der Waals surface area contributed by atoms with Crippen molar-refractivity contribution in [2.45, 2.75) is 80.1 Å². The molecular formula is C113H94Ir4N6O8PdS-4. The first-order valence-electron chi connectivity index (χ1n) is 41.6. The average molecular weight is 2570 g/mol. The van der Waals surface area contributed by atoms with E-state index in [0.717, 1.165) is 55.4 Å². The first-order valence-corrected chi connectivity index (χ1v) is 42.4. The number of phenolic OH excluding ortho intramolecular Hbond substituents is 2. The van der Waals surface area contributed by atoms with Crippen LogP contribution < -0.4 is 0 Å². The number of hydrogen-bond acceptors (Lipinski definition) is 15. The number of pyridine rings is 6. The van der Waals surface area contributed by atoms with Crippen molar-refractivity contribution in [3.63, 3.8) is 0 Å². The molecule has 20 rings (SSSR count). The number of para-hydroxylation sites is 4. The van der Waals surface area contributed by atoms with Crippen LogP contribution >= 0.6 is 11.3 Å². The van der Waals surface area contributed by atoms with Crippen LogP contribution in [0, 0.1) is 24.3 Å². The van der Waals surface area contributed by atoms with Gasteiger partial charge in [0.05, 0.1) is 51.1 Å². The number of aromatic hydroxyl groups is 2. The van der Waals surface area contributed by atoms with Crippen molar-refractivity contribution in [2.24, 2.45) is 0 Å². The minimum atomic E-state index is -0.125. The molecule has 0 atom stereocenters. The Morgan fingerprint density at radius 3 is 1.22 bits per heavy atom. The molecule has 18 aromatic rings. The number of fused-ring (bicyclic) bond motifs is 10. The van der Waals surface area contributed by atoms with Crippen LogP contribution in [0.4, 0.5) is 0 Å². The molecule has 2 aliphatic rings. The van der Waals surface area contributed by atoms with Crippen molar-refractivity contribution in [2.75, 3.05) is 0 Å². The fraction of sp³-hybridized carbons (Fsp3) is 0.106. The molecule has 7 heterocycles. The second-order valence-corrected chi connectivity index (χ2v) is 32.5. The Hall–Kier alpha value is -12.5. The van der Waals surface area contributed by atoms with Gasteiger partial charge in [0, 0.05) is 148 Å². The molecule has 680 valence electrons. The summed E-state index contributed by atoms with van der Waals surface area (Å²) in [6.07, 6.45) is 7.20. The van der Waals surface area contributed by atoms with E-state index in [9.17, 15) is 24.6 Å². The van der Waals surface area contributed by atoms with Crippen LogP contribution in [0.3, 0.4) is 0 Å². The summed E-state index contributed by atoms with van der Waals surface area (Å²) in [6.45, 7) is 17.8. The molecule has 2 aliphatic carbocycles. The normalized spacial score (nSPS) is 11.7. The fourth-order valence-corrected chi connectivity index (χ4v) is 16.1. The van der Waals surface area contributed by atoms with Crippen molar-refractivity contribution >= 4 is 71.4 Å². The van der Waals surface area contributed by atoms with Gasteiger partial charge in [-0.15, -0.1) is 118 Å². The number of hydrogen-bond donors (Lipinski definition) is 5. The van der Waals surface area contributed by atoms with E-state index in [-0.39, 0.29) is 158 Å². The second-order valence-electron chi connectivity index (χ2n) is 31.4. The number of phenols is 2. The molecule has 0 fully saturated rings. The van der Waals surface area contributed by atoms with Gasteiger partial charge in [0.2, 0.25) is 0 Å². The molecule has 0 saturated carbocycles. The number of allylic oxidation sites excluding steroid dienone is 6. The van der Waals surface area contributed by atoms with Gasteiger partial charge in [0.1, 0.15) is 11.5 Å². The molecule has 0 saturated heterocycles. The largest absolute Gasteiger partial charge is 0.512 e. The van der Waals surface area contributed by atoms with Gasteiger partial charge in [0.25, 0.3) is 0 Å². The average Bonchev–Trinajstić information content (AvgIpc) is 1.58. The Kier molecular flexibility index (Phi) is 39.7. The van der Waals surface area contributed by atoms with Crippen molar-refractivity contribution in [1.82, 2.24) is 29.9 Å². The van der Waals surface area contributed by atoms with E-state index in [2.05, 4.69) is 235 Å². The van der Waals surface area contributed by atoms with Crippen LogP contribution in [-0.4, -0.2) is 72.8 Å². The quantitative estimate of drug-likeness (QED) is 0.0371. The molecule has 11 aromatic carbocycles. The summed E-state index contributed by atoms with van der Waals surface area (Å²) >= 11 is 1.73. The van der Waals surface area contributed by atoms with Gasteiger partial charge >= 0.3 is 0 Å². The first-order chi connectivity index (χ1) is 61.8. The van der Waals surface area contributed by atoms with E-state index in [4.69, 9.17) is 20.3 Å². The van der Waals surface area contributed by atoms with E-state index in [1.165, 1.54) is 136 Å². The SMILES string of the molecule is CC(=O)C=C(C)O.CC(=O)C=C(C)O.CC(=O)C=C(C)O.CC1(C)c2ccccc2-c2c[c-]c(-c3ccc4ccccc4n3)cc21.CC1(C)c2ccccc2-c2c[c-]c(-c3nccc4ccccc34)cc21.Oc1ccccc1-c1cccc(-c2cccc(-c3ccccc3O)n2)n1.[Ir].[Ir].[Ir].[Ir].[Pd].[c-]1c(-c2ccccn2)sc2ccccc12.[c-]1ccccc1-c1ccc2ccccc2n1. The molecule has 0 unspecified atom stereocenters. The molecule has 4 radical (unpaired) electrons. The third kappa shape index (κ3) is 27.4. The number of carbonyl (C=O) groups excluding carboxylic acids is 3. The van der Waals surface area contributed by atoms with Gasteiger partial charge in [-0.2, -0.15) is 0 Å². The zero-order valence-corrected chi connectivity index (χ0v) is 86.2. The summed E-state index contributed by atoms with van der Waals surface area (Å²) in [7, 11) is 0. The molecule has 0 amide bonds. The van der Waals surface area contributed by atoms with Gasteiger partial charge in [-0.25, -0.2) is 21.3 Å². The molecular weight excluding hydrogens is 2480 g/mol. The summed E-state index contributed by atoms with van der Waals surface area (Å²) in [5, 5.41) is 51.1. The second kappa shape index (κ2) is 49.9. The molecule has 20 heteroatoms. The third-order valence-corrected chi connectivity index (χ3v) is 22.1. The Balaban J connectivity index is 0.000000194. The van der Waals surface area contributed by atoms with Crippen molar-refractivity contribution in [1.29, 1.82) is 0 Å². The summed E-state index contributed by atoms with van der Waals surface area (Å²) in [4.78, 5) is 58.9. The standard InChI is InChI=1S/2C24H18N.C22H16N2O2.C15H10N.C13H8NS.3C5H8O2.4Ir.Pd/c1-24(2)20-9-5-4-8-18(20)19-13-11-17(15-21(19)24)23-14-12-16-7-3-6-10-22(16)25-23;1-24(2)21-10-6-5-9-19(21)20-12-11-17(15-22(20)24)23-18-8-4-3-7-16(18)13-14-25-23;25-21-13-3-1-7-15(21)17-9-5-11-19(23-17)20-12-6-10-18(24-20)16-8-2-4-14-22(16)26;1-2-6-12(7-3-1)15-11-10-13-8-4-5-9-14(13)16-15;1-2-7-12-10(5-1)9-13(15-12)11-6-3-4-8-14-11;3*1-4(6)3-5(2)7;;;;;/h2*3-10,12-15H,1-2H3;1-14,25-26H;1-6,8-11H;1-8H;3*3,6H,1-2H3;;;;;/q2*-1;;2*-1;;;;;;;;. The van der Waals surface area contributed by atoms with Crippen molar-refractivity contribution in [3.8, 4) is 112 Å². The number of ketones is 3. The Labute approximate surface area is 848 Å². The van der Waals surface area contributed by atoms with Gasteiger partial charge in [-0.3, -0.25) is 24.4 Å². The summed E-state index contributed by atoms with van der Waals surface area (Å²) < 4.78 is 1.26. The number of aliphatic hydroxyl groups is 3. The predicted molar refractivity (Wildman–Crippen MR) is 520 cm³/mol. The van der Waals surface area contributed by atoms with Gasteiger partial charge < -0.3 is 35.5 Å². The van der Waals surface area contributed by atoms with Crippen LogP contribution in [0.25, 0.3) is 143 Å². The summed E-state index contributed by atoms with van der Waals surface area (Å²) in [5.41, 5.74) is 24.0. The number of nitrogens with zero attached hydrogens (tertiary/aromatic N) is 6. The monoisotopic (exact) mass is 2570 g/mol. The summed E-state index contributed by atoms with van der Waals surface area (Å²) in [5.74, 6) is 0.189. The maximum atomic E-state index is 10.1. The van der Waals surface area contributed by atoms with E-state index in [0.29, 0.717) is 33.9 Å². The van der Waals surface area contributed by atoms with Gasteiger partial charge in [0.15, 0.2) is 17.3 Å².